The Morgan fingerprint density at radius 1 is 1.06 bits per heavy atom. The first-order valence-electron chi connectivity index (χ1n) is 6.52. The van der Waals surface area contributed by atoms with E-state index in [1.165, 1.54) is 31.2 Å². The van der Waals surface area contributed by atoms with Crippen LogP contribution in [0, 0.1) is 5.92 Å². The molecule has 16 heavy (non-hydrogen) atoms. The summed E-state index contributed by atoms with van der Waals surface area (Å²) in [5.74, 6) is 2.71. The van der Waals surface area contributed by atoms with E-state index in [2.05, 4.69) is 31.2 Å². The second-order valence-corrected chi connectivity index (χ2v) is 4.96. The Labute approximate surface area is 98.8 Å². The monoisotopic (exact) mass is 218 g/mol. The predicted molar refractivity (Wildman–Crippen MR) is 68.0 cm³/mol. The van der Waals surface area contributed by atoms with Crippen molar-refractivity contribution in [1.29, 1.82) is 0 Å². The molecule has 1 aromatic carbocycles. The Hall–Kier alpha value is -0.980. The number of hydrogen-bond donors (Lipinski definition) is 0. The zero-order valence-corrected chi connectivity index (χ0v) is 10.4. The molecule has 1 fully saturated rings. The lowest BCUT2D eigenvalue weighted by Gasteiger charge is -2.26. The van der Waals surface area contributed by atoms with Crippen LogP contribution in [-0.4, -0.2) is 6.61 Å². The molecule has 0 aliphatic heterocycles. The summed E-state index contributed by atoms with van der Waals surface area (Å²) in [6, 6.07) is 8.70. The summed E-state index contributed by atoms with van der Waals surface area (Å²) >= 11 is 0. The molecule has 1 nitrogen and oxygen atoms in total. The second-order valence-electron chi connectivity index (χ2n) is 4.96. The molecule has 0 bridgehead atoms. The summed E-state index contributed by atoms with van der Waals surface area (Å²) in [6.07, 6.45) is 5.49. The fourth-order valence-corrected chi connectivity index (χ4v) is 2.60. The fourth-order valence-electron chi connectivity index (χ4n) is 2.60. The Bertz CT molecular complexity index is 307. The molecule has 1 saturated carbocycles. The van der Waals surface area contributed by atoms with Crippen LogP contribution in [0.3, 0.4) is 0 Å². The normalized spacial score (nSPS) is 25.4. The molecule has 0 aromatic heterocycles. The van der Waals surface area contributed by atoms with Gasteiger partial charge in [-0.15, -0.1) is 0 Å². The van der Waals surface area contributed by atoms with Crippen molar-refractivity contribution in [3.8, 4) is 5.75 Å². The van der Waals surface area contributed by atoms with Crippen LogP contribution in [0.1, 0.15) is 51.0 Å². The minimum atomic E-state index is 0.750. The summed E-state index contributed by atoms with van der Waals surface area (Å²) in [5.41, 5.74) is 1.50. The van der Waals surface area contributed by atoms with Crippen molar-refractivity contribution in [2.45, 2.75) is 45.4 Å². The number of benzene rings is 1. The highest BCUT2D eigenvalue weighted by Crippen LogP contribution is 2.35. The molecular weight excluding hydrogens is 196 g/mol. The van der Waals surface area contributed by atoms with Crippen LogP contribution >= 0.6 is 0 Å². The quantitative estimate of drug-likeness (QED) is 0.731. The van der Waals surface area contributed by atoms with Crippen LogP contribution in [0.25, 0.3) is 0 Å². The first kappa shape index (κ1) is 11.5. The van der Waals surface area contributed by atoms with E-state index >= 15 is 0 Å². The molecule has 0 N–H and O–H groups in total. The summed E-state index contributed by atoms with van der Waals surface area (Å²) in [7, 11) is 0. The van der Waals surface area contributed by atoms with E-state index in [0.717, 1.165) is 24.2 Å². The predicted octanol–water partition coefficient (Wildman–Crippen LogP) is 4.38. The molecule has 0 atom stereocenters. The second kappa shape index (κ2) is 5.38. The van der Waals surface area contributed by atoms with Crippen LogP contribution in [-0.2, 0) is 0 Å². The molecule has 0 heterocycles. The Morgan fingerprint density at radius 3 is 2.25 bits per heavy atom. The van der Waals surface area contributed by atoms with Gasteiger partial charge in [0.25, 0.3) is 0 Å². The van der Waals surface area contributed by atoms with E-state index in [1.807, 2.05) is 6.92 Å². The molecule has 0 amide bonds. The molecule has 0 saturated heterocycles. The van der Waals surface area contributed by atoms with E-state index in [4.69, 9.17) is 4.74 Å². The highest BCUT2D eigenvalue weighted by Gasteiger charge is 2.19. The molecule has 2 rings (SSSR count). The lowest BCUT2D eigenvalue weighted by Crippen LogP contribution is -2.10. The zero-order valence-electron chi connectivity index (χ0n) is 10.4. The molecule has 1 aromatic rings. The van der Waals surface area contributed by atoms with Gasteiger partial charge in [-0.2, -0.15) is 0 Å². The fraction of sp³-hybridized carbons (Fsp3) is 0.600. The Balaban J connectivity index is 1.98. The van der Waals surface area contributed by atoms with Crippen molar-refractivity contribution in [3.05, 3.63) is 29.8 Å². The molecule has 1 aliphatic carbocycles. The third-order valence-corrected chi connectivity index (χ3v) is 3.68. The van der Waals surface area contributed by atoms with Crippen LogP contribution < -0.4 is 4.74 Å². The van der Waals surface area contributed by atoms with Gasteiger partial charge in [0.05, 0.1) is 6.61 Å². The molecule has 0 unspecified atom stereocenters. The van der Waals surface area contributed by atoms with Gasteiger partial charge in [-0.3, -0.25) is 0 Å². The van der Waals surface area contributed by atoms with Gasteiger partial charge in [0.1, 0.15) is 5.75 Å². The maximum atomic E-state index is 5.47. The van der Waals surface area contributed by atoms with Gasteiger partial charge in [-0.05, 0) is 49.3 Å². The summed E-state index contributed by atoms with van der Waals surface area (Å²) in [6.45, 7) is 5.14. The van der Waals surface area contributed by atoms with Crippen molar-refractivity contribution in [1.82, 2.24) is 0 Å². The maximum absolute atomic E-state index is 5.47. The third-order valence-electron chi connectivity index (χ3n) is 3.68. The van der Waals surface area contributed by atoms with E-state index in [0.29, 0.717) is 0 Å². The van der Waals surface area contributed by atoms with Crippen LogP contribution in [0.15, 0.2) is 24.3 Å². The number of rotatable bonds is 3. The number of ether oxygens (including phenoxy) is 1. The molecule has 88 valence electrons. The van der Waals surface area contributed by atoms with Gasteiger partial charge in [-0.1, -0.05) is 31.9 Å². The van der Waals surface area contributed by atoms with Gasteiger partial charge < -0.3 is 4.74 Å². The zero-order chi connectivity index (χ0) is 11.4. The molecule has 1 heteroatoms. The van der Waals surface area contributed by atoms with Gasteiger partial charge >= 0.3 is 0 Å². The first-order valence-corrected chi connectivity index (χ1v) is 6.52. The van der Waals surface area contributed by atoms with Crippen molar-refractivity contribution >= 4 is 0 Å². The lowest BCUT2D eigenvalue weighted by atomic mass is 9.79. The highest BCUT2D eigenvalue weighted by molar-refractivity contribution is 5.29. The van der Waals surface area contributed by atoms with Crippen molar-refractivity contribution in [2.24, 2.45) is 5.92 Å². The van der Waals surface area contributed by atoms with Crippen molar-refractivity contribution < 1.29 is 4.74 Å². The van der Waals surface area contributed by atoms with Crippen molar-refractivity contribution in [2.75, 3.05) is 6.61 Å². The SMILES string of the molecule is CCOc1ccc(C2CCC(C)CC2)cc1. The number of hydrogen-bond acceptors (Lipinski definition) is 1. The molecule has 0 radical (unpaired) electrons. The standard InChI is InChI=1S/C15H22O/c1-3-16-15-10-8-14(9-11-15)13-6-4-12(2)5-7-13/h8-13H,3-7H2,1-2H3. The van der Waals surface area contributed by atoms with Crippen LogP contribution in [0.4, 0.5) is 0 Å². The maximum Gasteiger partial charge on any atom is 0.119 e. The lowest BCUT2D eigenvalue weighted by molar-refractivity contribution is 0.337. The van der Waals surface area contributed by atoms with E-state index < -0.39 is 0 Å². The minimum Gasteiger partial charge on any atom is -0.494 e. The summed E-state index contributed by atoms with van der Waals surface area (Å²) in [5, 5.41) is 0. The van der Waals surface area contributed by atoms with Gasteiger partial charge in [0, 0.05) is 0 Å². The smallest absolute Gasteiger partial charge is 0.119 e. The van der Waals surface area contributed by atoms with E-state index in [1.54, 1.807) is 0 Å². The van der Waals surface area contributed by atoms with Crippen LogP contribution in [0.5, 0.6) is 5.75 Å². The largest absolute Gasteiger partial charge is 0.494 e. The van der Waals surface area contributed by atoms with E-state index in [-0.39, 0.29) is 0 Å². The summed E-state index contributed by atoms with van der Waals surface area (Å²) < 4.78 is 5.47. The van der Waals surface area contributed by atoms with Gasteiger partial charge in [-0.25, -0.2) is 0 Å². The first-order chi connectivity index (χ1) is 7.79. The van der Waals surface area contributed by atoms with Crippen LogP contribution in [0.2, 0.25) is 0 Å². The third kappa shape index (κ3) is 2.78. The Kier molecular flexibility index (Phi) is 3.87. The van der Waals surface area contributed by atoms with Crippen molar-refractivity contribution in [3.63, 3.8) is 0 Å². The van der Waals surface area contributed by atoms with E-state index in [9.17, 15) is 0 Å². The molecule has 1 aliphatic rings. The molecule has 0 spiro atoms. The topological polar surface area (TPSA) is 9.23 Å². The van der Waals surface area contributed by atoms with Gasteiger partial charge in [0.2, 0.25) is 0 Å². The average molecular weight is 218 g/mol. The highest BCUT2D eigenvalue weighted by atomic mass is 16.5. The molecular formula is C15H22O. The summed E-state index contributed by atoms with van der Waals surface area (Å²) in [4.78, 5) is 0. The average Bonchev–Trinajstić information content (AvgIpc) is 2.32. The van der Waals surface area contributed by atoms with Gasteiger partial charge in [0.15, 0.2) is 0 Å². The Morgan fingerprint density at radius 2 is 1.69 bits per heavy atom. The minimum absolute atomic E-state index is 0.750.